The molecule has 0 unspecified atom stereocenters. The van der Waals surface area contributed by atoms with Gasteiger partial charge >= 0.3 is 0 Å². The first-order chi connectivity index (χ1) is 4.71. The van der Waals surface area contributed by atoms with Crippen LogP contribution in [0.3, 0.4) is 0 Å². The van der Waals surface area contributed by atoms with Gasteiger partial charge in [-0.3, -0.25) is 0 Å². The van der Waals surface area contributed by atoms with Crippen molar-refractivity contribution in [3.8, 4) is 0 Å². The molecule has 10 heavy (non-hydrogen) atoms. The molecule has 1 rings (SSSR count). The zero-order valence-corrected chi connectivity index (χ0v) is 7.19. The van der Waals surface area contributed by atoms with Gasteiger partial charge in [0, 0.05) is 0 Å². The number of rotatable bonds is 3. The first kappa shape index (κ1) is 7.84. The Morgan fingerprint density at radius 1 is 1.50 bits per heavy atom. The van der Waals surface area contributed by atoms with E-state index >= 15 is 0 Å². The Balaban J connectivity index is 2.50. The van der Waals surface area contributed by atoms with E-state index in [1.54, 1.807) is 0 Å². The summed E-state index contributed by atoms with van der Waals surface area (Å²) in [4.78, 5) is 0. The van der Waals surface area contributed by atoms with Crippen LogP contribution in [0.2, 0.25) is 0 Å². The topological polar surface area (TPSA) is 0 Å². The van der Waals surface area contributed by atoms with Crippen LogP contribution in [0.1, 0.15) is 39.5 Å². The molecule has 0 nitrogen and oxygen atoms in total. The summed E-state index contributed by atoms with van der Waals surface area (Å²) in [5.41, 5.74) is 0.655. The summed E-state index contributed by atoms with van der Waals surface area (Å²) in [6, 6.07) is 0. The van der Waals surface area contributed by atoms with Gasteiger partial charge in [-0.1, -0.05) is 26.3 Å². The Hall–Kier alpha value is -0.260. The largest absolute Gasteiger partial charge is 0.103 e. The van der Waals surface area contributed by atoms with E-state index in [4.69, 9.17) is 0 Å². The van der Waals surface area contributed by atoms with Crippen LogP contribution in [0.4, 0.5) is 0 Å². The predicted octanol–water partition coefficient (Wildman–Crippen LogP) is 3.39. The number of hydrogen-bond acceptors (Lipinski definition) is 0. The molecule has 0 radical (unpaired) electrons. The van der Waals surface area contributed by atoms with Gasteiger partial charge in [0.15, 0.2) is 0 Å². The molecule has 0 aromatic carbocycles. The van der Waals surface area contributed by atoms with Crippen LogP contribution >= 0.6 is 0 Å². The second-order valence-corrected chi connectivity index (χ2v) is 3.86. The first-order valence-electron chi connectivity index (χ1n) is 4.32. The van der Waals surface area contributed by atoms with E-state index in [-0.39, 0.29) is 0 Å². The van der Waals surface area contributed by atoms with E-state index in [9.17, 15) is 0 Å². The minimum Gasteiger partial charge on any atom is -0.103 e. The molecule has 0 aliphatic heterocycles. The van der Waals surface area contributed by atoms with Crippen molar-refractivity contribution in [2.45, 2.75) is 39.5 Å². The molecule has 0 amide bonds. The highest BCUT2D eigenvalue weighted by Crippen LogP contribution is 2.49. The molecule has 1 saturated carbocycles. The molecule has 1 aliphatic carbocycles. The fourth-order valence-corrected chi connectivity index (χ4v) is 1.94. The lowest BCUT2D eigenvalue weighted by Gasteiger charge is -2.45. The molecule has 1 aliphatic rings. The maximum Gasteiger partial charge on any atom is -0.0240 e. The molecular formula is C10H18. The average Bonchev–Trinajstić information content (AvgIpc) is 1.77. The van der Waals surface area contributed by atoms with Crippen molar-refractivity contribution in [1.82, 2.24) is 0 Å². The lowest BCUT2D eigenvalue weighted by molar-refractivity contribution is 0.0725. The fraction of sp³-hybridized carbons (Fsp3) is 0.800. The lowest BCUT2D eigenvalue weighted by atomic mass is 9.60. The first-order valence-corrected chi connectivity index (χ1v) is 4.32. The van der Waals surface area contributed by atoms with E-state index < -0.39 is 0 Å². The number of allylic oxidation sites excluding steroid dienone is 1. The fourth-order valence-electron chi connectivity index (χ4n) is 1.94. The second-order valence-electron chi connectivity index (χ2n) is 3.86. The highest BCUT2D eigenvalue weighted by Gasteiger charge is 2.38. The molecule has 58 valence electrons. The molecule has 0 N–H and O–H groups in total. The van der Waals surface area contributed by atoms with Gasteiger partial charge in [0.1, 0.15) is 0 Å². The summed E-state index contributed by atoms with van der Waals surface area (Å²) in [7, 11) is 0. The average molecular weight is 138 g/mol. The molecule has 0 heteroatoms. The molecule has 0 aromatic heterocycles. The van der Waals surface area contributed by atoms with Gasteiger partial charge < -0.3 is 0 Å². The van der Waals surface area contributed by atoms with Crippen LogP contribution in [0, 0.1) is 11.3 Å². The Kier molecular flexibility index (Phi) is 2.18. The number of hydrogen-bond donors (Lipinski definition) is 0. The van der Waals surface area contributed by atoms with E-state index in [0.29, 0.717) is 5.41 Å². The molecule has 1 fully saturated rings. The van der Waals surface area contributed by atoms with E-state index in [1.807, 2.05) is 0 Å². The molecular weight excluding hydrogens is 120 g/mol. The molecule has 0 atom stereocenters. The smallest absolute Gasteiger partial charge is 0.0240 e. The zero-order valence-electron chi connectivity index (χ0n) is 7.19. The third-order valence-electron chi connectivity index (χ3n) is 3.12. The quantitative estimate of drug-likeness (QED) is 0.524. The van der Waals surface area contributed by atoms with Crippen molar-refractivity contribution in [3.63, 3.8) is 0 Å². The third-order valence-corrected chi connectivity index (χ3v) is 3.12. The van der Waals surface area contributed by atoms with Crippen molar-refractivity contribution in [2.75, 3.05) is 0 Å². The molecule has 0 heterocycles. The summed E-state index contributed by atoms with van der Waals surface area (Å²) in [5.74, 6) is 0.847. The van der Waals surface area contributed by atoms with Crippen molar-refractivity contribution >= 4 is 0 Å². The Morgan fingerprint density at radius 3 is 2.20 bits per heavy atom. The molecule has 0 spiro atoms. The van der Waals surface area contributed by atoms with Gasteiger partial charge in [0.25, 0.3) is 0 Å². The van der Waals surface area contributed by atoms with Gasteiger partial charge in [0.2, 0.25) is 0 Å². The van der Waals surface area contributed by atoms with E-state index in [2.05, 4.69) is 26.5 Å². The summed E-state index contributed by atoms with van der Waals surface area (Å²) >= 11 is 0. The SMILES string of the molecule is C=CCC1(C(C)C)CCC1. The van der Waals surface area contributed by atoms with Crippen LogP contribution in [-0.2, 0) is 0 Å². The van der Waals surface area contributed by atoms with Gasteiger partial charge in [-0.25, -0.2) is 0 Å². The van der Waals surface area contributed by atoms with Gasteiger partial charge in [-0.15, -0.1) is 6.58 Å². The minimum absolute atomic E-state index is 0.655. The van der Waals surface area contributed by atoms with Gasteiger partial charge in [-0.2, -0.15) is 0 Å². The summed E-state index contributed by atoms with van der Waals surface area (Å²) in [6.07, 6.45) is 7.60. The van der Waals surface area contributed by atoms with Gasteiger partial charge in [-0.05, 0) is 30.6 Å². The molecule has 0 aromatic rings. The van der Waals surface area contributed by atoms with Crippen molar-refractivity contribution in [3.05, 3.63) is 12.7 Å². The van der Waals surface area contributed by atoms with Crippen molar-refractivity contribution in [2.24, 2.45) is 11.3 Å². The monoisotopic (exact) mass is 138 g/mol. The predicted molar refractivity (Wildman–Crippen MR) is 45.9 cm³/mol. The summed E-state index contributed by atoms with van der Waals surface area (Å²) in [5, 5.41) is 0. The standard InChI is InChI=1S/C10H18/c1-4-6-10(9(2)3)7-5-8-10/h4,9H,1,5-8H2,2-3H3. The van der Waals surface area contributed by atoms with E-state index in [1.165, 1.54) is 25.7 Å². The summed E-state index contributed by atoms with van der Waals surface area (Å²) in [6.45, 7) is 8.48. The van der Waals surface area contributed by atoms with Crippen LogP contribution in [0.5, 0.6) is 0 Å². The Bertz CT molecular complexity index is 118. The van der Waals surface area contributed by atoms with Crippen LogP contribution in [-0.4, -0.2) is 0 Å². The highest BCUT2D eigenvalue weighted by atomic mass is 14.4. The highest BCUT2D eigenvalue weighted by molar-refractivity contribution is 4.94. The lowest BCUT2D eigenvalue weighted by Crippen LogP contribution is -2.34. The maximum atomic E-state index is 3.81. The van der Waals surface area contributed by atoms with Crippen LogP contribution in [0.25, 0.3) is 0 Å². The summed E-state index contributed by atoms with van der Waals surface area (Å²) < 4.78 is 0. The zero-order chi connectivity index (χ0) is 7.61. The Labute approximate surface area is 64.3 Å². The minimum atomic E-state index is 0.655. The van der Waals surface area contributed by atoms with E-state index in [0.717, 1.165) is 5.92 Å². The Morgan fingerprint density at radius 2 is 2.10 bits per heavy atom. The third kappa shape index (κ3) is 1.12. The van der Waals surface area contributed by atoms with Crippen molar-refractivity contribution < 1.29 is 0 Å². The molecule has 0 saturated heterocycles. The maximum absolute atomic E-state index is 3.81. The normalized spacial score (nSPS) is 22.3. The van der Waals surface area contributed by atoms with Crippen molar-refractivity contribution in [1.29, 1.82) is 0 Å². The van der Waals surface area contributed by atoms with Crippen LogP contribution < -0.4 is 0 Å². The van der Waals surface area contributed by atoms with Gasteiger partial charge in [0.05, 0.1) is 0 Å². The second kappa shape index (κ2) is 2.77. The molecule has 0 bridgehead atoms. The van der Waals surface area contributed by atoms with Crippen LogP contribution in [0.15, 0.2) is 12.7 Å².